The Morgan fingerprint density at radius 3 is 2.45 bits per heavy atom. The summed E-state index contributed by atoms with van der Waals surface area (Å²) in [4.78, 5) is 18.5. The predicted molar refractivity (Wildman–Crippen MR) is 193 cm³/mol. The molecule has 0 atom stereocenters. The van der Waals surface area contributed by atoms with Gasteiger partial charge in [0.05, 0.1) is 6.61 Å². The molecule has 0 saturated carbocycles. The highest BCUT2D eigenvalue weighted by molar-refractivity contribution is 6.07. The lowest BCUT2D eigenvalue weighted by Gasteiger charge is -2.31. The van der Waals surface area contributed by atoms with Gasteiger partial charge >= 0.3 is 0 Å². The minimum absolute atomic E-state index is 0.0301. The van der Waals surface area contributed by atoms with Gasteiger partial charge in [0.15, 0.2) is 0 Å². The average Bonchev–Trinajstić information content (AvgIpc) is 3.09. The van der Waals surface area contributed by atoms with Crippen LogP contribution in [0.5, 0.6) is 5.75 Å². The van der Waals surface area contributed by atoms with Gasteiger partial charge in [-0.2, -0.15) is 0 Å². The fraction of sp³-hybridized carbons (Fsp3) is 0.475. The minimum atomic E-state index is -0.0301. The lowest BCUT2D eigenvalue weighted by atomic mass is 9.96. The summed E-state index contributed by atoms with van der Waals surface area (Å²) in [5, 5.41) is 3.18. The second kappa shape index (κ2) is 18.0. The van der Waals surface area contributed by atoms with Crippen LogP contribution >= 0.6 is 0 Å². The van der Waals surface area contributed by atoms with E-state index in [2.05, 4.69) is 84.6 Å². The number of nitrogens with zero attached hydrogens (tertiary/aromatic N) is 2. The van der Waals surface area contributed by atoms with Crippen molar-refractivity contribution in [1.29, 1.82) is 0 Å². The molecule has 0 aromatic heterocycles. The van der Waals surface area contributed by atoms with Crippen LogP contribution in [0.1, 0.15) is 69.9 Å². The predicted octanol–water partition coefficient (Wildman–Crippen LogP) is 8.19. The van der Waals surface area contributed by atoms with Crippen LogP contribution in [0.15, 0.2) is 72.3 Å². The number of carbonyl (C=O) groups is 1. The third kappa shape index (κ3) is 10.2. The summed E-state index contributed by atoms with van der Waals surface area (Å²) < 4.78 is 17.0. The van der Waals surface area contributed by atoms with Crippen LogP contribution in [0, 0.1) is 0 Å². The molecule has 0 spiro atoms. The Hall–Kier alpha value is -3.65. The summed E-state index contributed by atoms with van der Waals surface area (Å²) in [6.45, 7) is 10.8. The van der Waals surface area contributed by atoms with Crippen molar-refractivity contribution in [2.75, 3.05) is 63.4 Å². The molecular formula is C40H53N3O4. The van der Waals surface area contributed by atoms with Gasteiger partial charge in [-0.25, -0.2) is 0 Å². The molecule has 0 bridgehead atoms. The zero-order valence-corrected chi connectivity index (χ0v) is 28.6. The van der Waals surface area contributed by atoms with Crippen LogP contribution in [0.3, 0.4) is 0 Å². The Balaban J connectivity index is 1.27. The molecule has 1 N–H and O–H groups in total. The maximum Gasteiger partial charge on any atom is 0.251 e. The van der Waals surface area contributed by atoms with Crippen molar-refractivity contribution < 1.29 is 19.0 Å². The summed E-state index contributed by atoms with van der Waals surface area (Å²) in [6, 6.07) is 23.7. The van der Waals surface area contributed by atoms with Crippen LogP contribution in [-0.2, 0) is 20.8 Å². The molecule has 1 amide bonds. The van der Waals surface area contributed by atoms with Crippen molar-refractivity contribution in [3.8, 4) is 16.9 Å². The van der Waals surface area contributed by atoms with Crippen LogP contribution < -0.4 is 15.0 Å². The Morgan fingerprint density at radius 1 is 0.936 bits per heavy atom. The highest BCUT2D eigenvalue weighted by Crippen LogP contribution is 2.33. The minimum Gasteiger partial charge on any atom is -0.491 e. The molecule has 252 valence electrons. The molecule has 7 nitrogen and oxygen atoms in total. The van der Waals surface area contributed by atoms with Crippen molar-refractivity contribution in [3.05, 3.63) is 83.4 Å². The van der Waals surface area contributed by atoms with Crippen molar-refractivity contribution in [2.24, 2.45) is 0 Å². The average molecular weight is 640 g/mol. The van der Waals surface area contributed by atoms with Crippen LogP contribution in [0.4, 0.5) is 11.4 Å². The quantitative estimate of drug-likeness (QED) is 0.169. The molecule has 0 aliphatic carbocycles. The number of anilines is 2. The van der Waals surface area contributed by atoms with Crippen molar-refractivity contribution in [3.63, 3.8) is 0 Å². The van der Waals surface area contributed by atoms with E-state index in [0.717, 1.165) is 118 Å². The second-order valence-corrected chi connectivity index (χ2v) is 12.8. The fourth-order valence-electron chi connectivity index (χ4n) is 6.42. The van der Waals surface area contributed by atoms with Gasteiger partial charge in [0.1, 0.15) is 12.4 Å². The van der Waals surface area contributed by atoms with Gasteiger partial charge in [0.2, 0.25) is 0 Å². The topological polar surface area (TPSA) is 63.3 Å². The van der Waals surface area contributed by atoms with E-state index in [9.17, 15) is 4.79 Å². The second-order valence-electron chi connectivity index (χ2n) is 12.8. The highest BCUT2D eigenvalue weighted by atomic mass is 16.5. The lowest BCUT2D eigenvalue weighted by molar-refractivity contribution is -0.112. The van der Waals surface area contributed by atoms with E-state index in [4.69, 9.17) is 14.2 Å². The van der Waals surface area contributed by atoms with E-state index in [0.29, 0.717) is 19.3 Å². The number of rotatable bonds is 15. The molecule has 2 heterocycles. The first-order chi connectivity index (χ1) is 23.0. The zero-order valence-electron chi connectivity index (χ0n) is 28.6. The van der Waals surface area contributed by atoms with Crippen LogP contribution in [0.25, 0.3) is 17.2 Å². The molecule has 3 aromatic carbocycles. The van der Waals surface area contributed by atoms with Gasteiger partial charge in [0, 0.05) is 62.4 Å². The van der Waals surface area contributed by atoms with Gasteiger partial charge < -0.3 is 24.4 Å². The number of nitrogens with one attached hydrogen (secondary N) is 1. The smallest absolute Gasteiger partial charge is 0.251 e. The highest BCUT2D eigenvalue weighted by Gasteiger charge is 2.20. The van der Waals surface area contributed by atoms with E-state index in [1.54, 1.807) is 0 Å². The van der Waals surface area contributed by atoms with Crippen molar-refractivity contribution in [2.45, 2.75) is 71.4 Å². The number of fused-ring (bicyclic) bond motifs is 1. The first-order valence-electron chi connectivity index (χ1n) is 17.6. The molecule has 3 aromatic rings. The van der Waals surface area contributed by atoms with E-state index in [1.807, 2.05) is 24.3 Å². The summed E-state index contributed by atoms with van der Waals surface area (Å²) >= 11 is 0. The number of amides is 1. The van der Waals surface area contributed by atoms with Crippen molar-refractivity contribution >= 4 is 23.4 Å². The molecule has 0 unspecified atom stereocenters. The molecule has 0 radical (unpaired) electrons. The van der Waals surface area contributed by atoms with E-state index in [1.165, 1.54) is 11.3 Å². The third-order valence-electron chi connectivity index (χ3n) is 9.14. The first-order valence-corrected chi connectivity index (χ1v) is 17.6. The SMILES string of the molecule is CCCCOCCOc1ccc(-c2ccc3c(c2)C=C(C(=O)Nc2ccc(CN(C)C4CCOCC4)cc2)CCCN3CCC)cc1. The number of hydrogen-bond acceptors (Lipinski definition) is 6. The Kier molecular flexibility index (Phi) is 13.3. The molecule has 7 heteroatoms. The zero-order chi connectivity index (χ0) is 32.8. The number of carbonyl (C=O) groups excluding carboxylic acids is 1. The summed E-state index contributed by atoms with van der Waals surface area (Å²) in [6.07, 6.45) is 9.22. The summed E-state index contributed by atoms with van der Waals surface area (Å²) in [5.74, 6) is 0.809. The molecule has 5 rings (SSSR count). The molecule has 2 aliphatic rings. The molecular weight excluding hydrogens is 586 g/mol. The van der Waals surface area contributed by atoms with Gasteiger partial charge in [-0.1, -0.05) is 50.6 Å². The van der Waals surface area contributed by atoms with Gasteiger partial charge in [0.25, 0.3) is 5.91 Å². The molecule has 2 aliphatic heterocycles. The van der Waals surface area contributed by atoms with E-state index in [-0.39, 0.29) is 5.91 Å². The van der Waals surface area contributed by atoms with Crippen LogP contribution in [-0.4, -0.2) is 70.0 Å². The monoisotopic (exact) mass is 639 g/mol. The third-order valence-corrected chi connectivity index (χ3v) is 9.14. The normalized spacial score (nSPS) is 15.5. The van der Waals surface area contributed by atoms with Gasteiger partial charge in [-0.15, -0.1) is 0 Å². The summed E-state index contributed by atoms with van der Waals surface area (Å²) in [5.41, 5.74) is 7.38. The fourth-order valence-corrected chi connectivity index (χ4v) is 6.42. The number of ether oxygens (including phenoxy) is 3. The largest absolute Gasteiger partial charge is 0.491 e. The standard InChI is InChI=1S/C40H53N3O4/c1-4-6-23-45-26-27-47-38-16-11-32(12-17-38)33-13-18-39-35(28-33)29-34(8-7-22-43(39)21-5-2)40(44)41-36-14-9-31(10-15-36)30-42(3)37-19-24-46-25-20-37/h9-18,28-29,37H,4-8,19-27,30H2,1-3H3,(H,41,44). The van der Waals surface area contributed by atoms with E-state index < -0.39 is 0 Å². The molecule has 1 fully saturated rings. The Morgan fingerprint density at radius 2 is 1.70 bits per heavy atom. The van der Waals surface area contributed by atoms with Gasteiger partial charge in [-0.3, -0.25) is 9.69 Å². The first kappa shape index (κ1) is 34.7. The number of benzene rings is 3. The maximum atomic E-state index is 13.6. The Labute approximate surface area is 281 Å². The Bertz CT molecular complexity index is 1430. The van der Waals surface area contributed by atoms with Crippen molar-refractivity contribution in [1.82, 2.24) is 4.90 Å². The maximum absolute atomic E-state index is 13.6. The molecule has 47 heavy (non-hydrogen) atoms. The number of hydrogen-bond donors (Lipinski definition) is 1. The van der Waals surface area contributed by atoms with Gasteiger partial charge in [-0.05, 0) is 110 Å². The van der Waals surface area contributed by atoms with E-state index >= 15 is 0 Å². The number of unbranched alkanes of at least 4 members (excludes halogenated alkanes) is 1. The lowest BCUT2D eigenvalue weighted by Crippen LogP contribution is -2.36. The summed E-state index contributed by atoms with van der Waals surface area (Å²) in [7, 11) is 2.19. The van der Waals surface area contributed by atoms with Crippen LogP contribution in [0.2, 0.25) is 0 Å². The molecule has 1 saturated heterocycles.